The molecular weight excluding hydrogens is 314 g/mol. The molecule has 1 aliphatic rings. The number of hydrogen-bond acceptors (Lipinski definition) is 4. The molecule has 2 aromatic heterocycles. The second-order valence-corrected chi connectivity index (χ2v) is 6.94. The predicted octanol–water partition coefficient (Wildman–Crippen LogP) is 2.22. The molecule has 1 amide bonds. The van der Waals surface area contributed by atoms with Crippen molar-refractivity contribution in [2.75, 3.05) is 13.1 Å². The van der Waals surface area contributed by atoms with Crippen molar-refractivity contribution in [3.63, 3.8) is 0 Å². The normalized spacial score (nSPS) is 18.7. The lowest BCUT2D eigenvalue weighted by atomic mass is 10.1. The molecule has 0 bridgehead atoms. The number of nitrogens with zero attached hydrogens (tertiary/aromatic N) is 5. The first kappa shape index (κ1) is 17.6. The van der Waals surface area contributed by atoms with Crippen molar-refractivity contribution in [2.24, 2.45) is 7.05 Å². The number of amides is 1. The minimum absolute atomic E-state index is 0.130. The van der Waals surface area contributed by atoms with Crippen LogP contribution in [-0.4, -0.2) is 49.4 Å². The summed E-state index contributed by atoms with van der Waals surface area (Å²) in [5, 5.41) is 0. The largest absolute Gasteiger partial charge is 0.357 e. The van der Waals surface area contributed by atoms with Crippen LogP contribution < -0.4 is 0 Å². The summed E-state index contributed by atoms with van der Waals surface area (Å²) in [5.74, 6) is 0.130. The van der Waals surface area contributed by atoms with E-state index < -0.39 is 0 Å². The standard InChI is InChI=1S/C19H27N5O/c1-16(25)24(14-18-10-20-15-21-11-18)19-4-3-7-23(9-6-19)13-17-5-8-22(2)12-17/h5,8,10-12,15,19H,3-4,6-7,9,13-14H2,1-2H3/t19-/m0/s1. The second-order valence-electron chi connectivity index (χ2n) is 6.94. The number of carbonyl (C=O) groups is 1. The second kappa shape index (κ2) is 8.25. The number of carbonyl (C=O) groups excluding carboxylic acids is 1. The Labute approximate surface area is 149 Å². The Bertz CT molecular complexity index is 684. The number of aromatic nitrogens is 3. The molecule has 0 N–H and O–H groups in total. The van der Waals surface area contributed by atoms with Crippen molar-refractivity contribution in [2.45, 2.75) is 45.3 Å². The number of likely N-dealkylation sites (tertiary alicyclic amines) is 1. The van der Waals surface area contributed by atoms with Crippen LogP contribution >= 0.6 is 0 Å². The van der Waals surface area contributed by atoms with Crippen molar-refractivity contribution < 1.29 is 4.79 Å². The lowest BCUT2D eigenvalue weighted by molar-refractivity contribution is -0.132. The Hall–Kier alpha value is -2.21. The molecule has 2 aromatic rings. The molecular formula is C19H27N5O. The molecule has 3 heterocycles. The van der Waals surface area contributed by atoms with Gasteiger partial charge in [-0.25, -0.2) is 9.97 Å². The van der Waals surface area contributed by atoms with Gasteiger partial charge in [0.1, 0.15) is 6.33 Å². The van der Waals surface area contributed by atoms with E-state index in [9.17, 15) is 4.79 Å². The van der Waals surface area contributed by atoms with Crippen LogP contribution in [0.4, 0.5) is 0 Å². The molecule has 0 radical (unpaired) electrons. The van der Waals surface area contributed by atoms with E-state index >= 15 is 0 Å². The smallest absolute Gasteiger partial charge is 0.219 e. The summed E-state index contributed by atoms with van der Waals surface area (Å²) < 4.78 is 2.09. The van der Waals surface area contributed by atoms with Gasteiger partial charge in [0.2, 0.25) is 5.91 Å². The van der Waals surface area contributed by atoms with Gasteiger partial charge in [-0.3, -0.25) is 9.69 Å². The summed E-state index contributed by atoms with van der Waals surface area (Å²) in [4.78, 5) is 24.8. The highest BCUT2D eigenvalue weighted by Crippen LogP contribution is 2.20. The van der Waals surface area contributed by atoms with Gasteiger partial charge in [0.05, 0.1) is 0 Å². The Morgan fingerprint density at radius 1 is 1.24 bits per heavy atom. The van der Waals surface area contributed by atoms with Crippen molar-refractivity contribution in [1.29, 1.82) is 0 Å². The van der Waals surface area contributed by atoms with E-state index in [4.69, 9.17) is 0 Å². The molecule has 0 saturated carbocycles. The Kier molecular flexibility index (Phi) is 5.81. The van der Waals surface area contributed by atoms with Crippen molar-refractivity contribution >= 4 is 5.91 Å². The van der Waals surface area contributed by atoms with Crippen LogP contribution in [0, 0.1) is 0 Å². The van der Waals surface area contributed by atoms with Gasteiger partial charge in [-0.05, 0) is 37.4 Å². The molecule has 0 unspecified atom stereocenters. The zero-order valence-electron chi connectivity index (χ0n) is 15.1. The molecule has 6 nitrogen and oxygen atoms in total. The molecule has 3 rings (SSSR count). The molecule has 0 aliphatic carbocycles. The first-order valence-electron chi connectivity index (χ1n) is 8.96. The summed E-state index contributed by atoms with van der Waals surface area (Å²) in [5.41, 5.74) is 2.34. The summed E-state index contributed by atoms with van der Waals surface area (Å²) in [7, 11) is 2.06. The fraction of sp³-hybridized carbons (Fsp3) is 0.526. The average Bonchev–Trinajstić information content (AvgIpc) is 2.87. The average molecular weight is 341 g/mol. The molecule has 1 saturated heterocycles. The van der Waals surface area contributed by atoms with Crippen LogP contribution in [0.3, 0.4) is 0 Å². The lowest BCUT2D eigenvalue weighted by Gasteiger charge is -2.30. The zero-order chi connectivity index (χ0) is 17.6. The first-order chi connectivity index (χ1) is 12.1. The Morgan fingerprint density at radius 2 is 2.04 bits per heavy atom. The third-order valence-corrected chi connectivity index (χ3v) is 4.90. The maximum atomic E-state index is 12.2. The molecule has 1 fully saturated rings. The van der Waals surface area contributed by atoms with Crippen molar-refractivity contribution in [1.82, 2.24) is 24.3 Å². The fourth-order valence-electron chi connectivity index (χ4n) is 3.63. The van der Waals surface area contributed by atoms with Crippen LogP contribution in [0.25, 0.3) is 0 Å². The molecule has 0 aromatic carbocycles. The van der Waals surface area contributed by atoms with Gasteiger partial charge < -0.3 is 9.47 Å². The maximum Gasteiger partial charge on any atom is 0.219 e. The van der Waals surface area contributed by atoms with Gasteiger partial charge in [-0.1, -0.05) is 0 Å². The van der Waals surface area contributed by atoms with E-state index in [0.717, 1.165) is 44.5 Å². The predicted molar refractivity (Wildman–Crippen MR) is 96.6 cm³/mol. The minimum atomic E-state index is 0.130. The van der Waals surface area contributed by atoms with Crippen LogP contribution in [0.2, 0.25) is 0 Å². The van der Waals surface area contributed by atoms with Gasteiger partial charge in [-0.15, -0.1) is 0 Å². The van der Waals surface area contributed by atoms with Gasteiger partial charge in [0.25, 0.3) is 0 Å². The summed E-state index contributed by atoms with van der Waals surface area (Å²) in [6.07, 6.45) is 12.6. The number of aryl methyl sites for hydroxylation is 1. The monoisotopic (exact) mass is 341 g/mol. The van der Waals surface area contributed by atoms with Crippen LogP contribution in [-0.2, 0) is 24.9 Å². The fourth-order valence-corrected chi connectivity index (χ4v) is 3.63. The summed E-state index contributed by atoms with van der Waals surface area (Å²) in [6, 6.07) is 2.47. The third-order valence-electron chi connectivity index (χ3n) is 4.90. The maximum absolute atomic E-state index is 12.2. The van der Waals surface area contributed by atoms with Crippen molar-refractivity contribution in [3.8, 4) is 0 Å². The van der Waals surface area contributed by atoms with Gasteiger partial charge in [-0.2, -0.15) is 0 Å². The van der Waals surface area contributed by atoms with E-state index in [1.165, 1.54) is 11.9 Å². The number of rotatable bonds is 5. The van der Waals surface area contributed by atoms with Gasteiger partial charge >= 0.3 is 0 Å². The highest BCUT2D eigenvalue weighted by Gasteiger charge is 2.24. The molecule has 1 aliphatic heterocycles. The molecule has 6 heteroatoms. The van der Waals surface area contributed by atoms with E-state index in [1.54, 1.807) is 19.3 Å². The van der Waals surface area contributed by atoms with E-state index in [1.807, 2.05) is 4.90 Å². The highest BCUT2D eigenvalue weighted by molar-refractivity contribution is 5.73. The third kappa shape index (κ3) is 4.89. The highest BCUT2D eigenvalue weighted by atomic mass is 16.2. The quantitative estimate of drug-likeness (QED) is 0.837. The molecule has 25 heavy (non-hydrogen) atoms. The van der Waals surface area contributed by atoms with Crippen LogP contribution in [0.5, 0.6) is 0 Å². The van der Waals surface area contributed by atoms with Gasteiger partial charge in [0.15, 0.2) is 0 Å². The topological polar surface area (TPSA) is 54.3 Å². The zero-order valence-corrected chi connectivity index (χ0v) is 15.1. The molecule has 134 valence electrons. The van der Waals surface area contributed by atoms with E-state index in [0.29, 0.717) is 12.6 Å². The van der Waals surface area contributed by atoms with Crippen LogP contribution in [0.1, 0.15) is 37.3 Å². The first-order valence-corrected chi connectivity index (χ1v) is 8.96. The Balaban J connectivity index is 1.60. The number of hydrogen-bond donors (Lipinski definition) is 0. The van der Waals surface area contributed by atoms with Crippen molar-refractivity contribution in [3.05, 3.63) is 48.3 Å². The van der Waals surface area contributed by atoms with E-state index in [2.05, 4.69) is 44.9 Å². The lowest BCUT2D eigenvalue weighted by Crippen LogP contribution is -2.39. The van der Waals surface area contributed by atoms with E-state index in [-0.39, 0.29) is 5.91 Å². The Morgan fingerprint density at radius 3 is 2.72 bits per heavy atom. The summed E-state index contributed by atoms with van der Waals surface area (Å²) >= 11 is 0. The molecule has 0 spiro atoms. The SMILES string of the molecule is CC(=O)N(Cc1cncnc1)[C@H]1CCCN(Cc2ccn(C)c2)CC1. The minimum Gasteiger partial charge on any atom is -0.357 e. The van der Waals surface area contributed by atoms with Gasteiger partial charge in [0, 0.05) is 70.0 Å². The summed E-state index contributed by atoms with van der Waals surface area (Å²) in [6.45, 7) is 5.36. The van der Waals surface area contributed by atoms with Crippen LogP contribution in [0.15, 0.2) is 37.2 Å². The molecule has 1 atom stereocenters.